The highest BCUT2D eigenvalue weighted by Crippen LogP contribution is 2.34. The number of nitrogens with one attached hydrogen (secondary N) is 2. The Balaban J connectivity index is 1.25. The average molecular weight is 445 g/mol. The maximum Gasteiger partial charge on any atom is 0.257 e. The van der Waals surface area contributed by atoms with E-state index in [1.807, 2.05) is 29.2 Å². The zero-order valence-corrected chi connectivity index (χ0v) is 17.9. The van der Waals surface area contributed by atoms with E-state index >= 15 is 0 Å². The van der Waals surface area contributed by atoms with Crippen LogP contribution in [-0.4, -0.2) is 43.2 Å². The van der Waals surface area contributed by atoms with Gasteiger partial charge in [0.15, 0.2) is 11.5 Å². The molecule has 168 valence electrons. The van der Waals surface area contributed by atoms with Crippen molar-refractivity contribution in [3.8, 4) is 17.2 Å². The molecular formula is C25H23N3O5. The Hall–Kier alpha value is -4.04. The molecule has 0 atom stereocenters. The van der Waals surface area contributed by atoms with E-state index in [4.69, 9.17) is 14.2 Å². The lowest BCUT2D eigenvalue weighted by molar-refractivity contribution is -0.117. The lowest BCUT2D eigenvalue weighted by atomic mass is 10.1. The third kappa shape index (κ3) is 4.75. The number of anilines is 2. The summed E-state index contributed by atoms with van der Waals surface area (Å²) in [6, 6.07) is 20.0. The zero-order valence-electron chi connectivity index (χ0n) is 17.9. The topological polar surface area (TPSA) is 89.1 Å². The molecule has 2 aliphatic rings. The van der Waals surface area contributed by atoms with E-state index in [0.717, 1.165) is 11.3 Å². The summed E-state index contributed by atoms with van der Waals surface area (Å²) in [6.45, 7) is 2.12. The van der Waals surface area contributed by atoms with Gasteiger partial charge in [-0.2, -0.15) is 0 Å². The van der Waals surface area contributed by atoms with Gasteiger partial charge in [-0.05, 0) is 30.3 Å². The Morgan fingerprint density at radius 3 is 2.61 bits per heavy atom. The Bertz CT molecular complexity index is 1200. The number of ether oxygens (including phenoxy) is 3. The summed E-state index contributed by atoms with van der Waals surface area (Å²) in [5, 5.41) is 5.73. The van der Waals surface area contributed by atoms with Crippen LogP contribution in [-0.2, 0) is 11.3 Å². The predicted octanol–water partition coefficient (Wildman–Crippen LogP) is 3.50. The molecule has 2 aliphatic heterocycles. The second-order valence-electron chi connectivity index (χ2n) is 7.78. The summed E-state index contributed by atoms with van der Waals surface area (Å²) >= 11 is 0. The summed E-state index contributed by atoms with van der Waals surface area (Å²) in [6.07, 6.45) is 0. The molecule has 33 heavy (non-hydrogen) atoms. The van der Waals surface area contributed by atoms with Crippen LogP contribution in [0.5, 0.6) is 17.2 Å². The first kappa shape index (κ1) is 20.8. The molecule has 2 amide bonds. The first-order valence-electron chi connectivity index (χ1n) is 10.7. The lowest BCUT2D eigenvalue weighted by Gasteiger charge is -2.19. The summed E-state index contributed by atoms with van der Waals surface area (Å²) in [7, 11) is 0. The monoisotopic (exact) mass is 445 g/mol. The predicted molar refractivity (Wildman–Crippen MR) is 123 cm³/mol. The maximum absolute atomic E-state index is 12.9. The summed E-state index contributed by atoms with van der Waals surface area (Å²) in [5.41, 5.74) is 2.44. The molecule has 0 saturated heterocycles. The normalized spacial score (nSPS) is 14.5. The van der Waals surface area contributed by atoms with Crippen molar-refractivity contribution in [2.45, 2.75) is 6.54 Å². The SMILES string of the molecule is O=C(CN1CCOc2ccccc2C1)Nc1ccccc1C(=O)Nc1ccc2c(c1)OCO2. The molecule has 5 rings (SSSR count). The molecule has 3 aromatic carbocycles. The van der Waals surface area contributed by atoms with Gasteiger partial charge in [0, 0.05) is 30.4 Å². The Morgan fingerprint density at radius 2 is 1.67 bits per heavy atom. The van der Waals surface area contributed by atoms with E-state index < -0.39 is 0 Å². The number of para-hydroxylation sites is 2. The molecule has 0 fully saturated rings. The third-order valence-corrected chi connectivity index (χ3v) is 5.48. The van der Waals surface area contributed by atoms with Crippen molar-refractivity contribution in [3.05, 3.63) is 77.9 Å². The van der Waals surface area contributed by atoms with Crippen molar-refractivity contribution in [1.29, 1.82) is 0 Å². The van der Waals surface area contributed by atoms with Crippen LogP contribution >= 0.6 is 0 Å². The molecule has 2 heterocycles. The van der Waals surface area contributed by atoms with Gasteiger partial charge in [0.05, 0.1) is 17.8 Å². The molecule has 8 heteroatoms. The minimum atomic E-state index is -0.332. The molecule has 0 aliphatic carbocycles. The second-order valence-corrected chi connectivity index (χ2v) is 7.78. The molecule has 3 aromatic rings. The van der Waals surface area contributed by atoms with Crippen molar-refractivity contribution in [2.75, 3.05) is 37.1 Å². The number of hydrogen-bond donors (Lipinski definition) is 2. The number of rotatable bonds is 5. The molecule has 0 bridgehead atoms. The van der Waals surface area contributed by atoms with Crippen molar-refractivity contribution < 1.29 is 23.8 Å². The van der Waals surface area contributed by atoms with Crippen molar-refractivity contribution in [1.82, 2.24) is 4.90 Å². The molecular weight excluding hydrogens is 422 g/mol. The fourth-order valence-corrected chi connectivity index (χ4v) is 3.87. The van der Waals surface area contributed by atoms with Crippen LogP contribution in [0.25, 0.3) is 0 Å². The first-order valence-corrected chi connectivity index (χ1v) is 10.7. The van der Waals surface area contributed by atoms with Crippen LogP contribution in [0.4, 0.5) is 11.4 Å². The van der Waals surface area contributed by atoms with Gasteiger partial charge in [-0.3, -0.25) is 14.5 Å². The largest absolute Gasteiger partial charge is 0.492 e. The third-order valence-electron chi connectivity index (χ3n) is 5.48. The van der Waals surface area contributed by atoms with E-state index in [9.17, 15) is 9.59 Å². The fourth-order valence-electron chi connectivity index (χ4n) is 3.87. The molecule has 0 saturated carbocycles. The van der Waals surface area contributed by atoms with Gasteiger partial charge in [0.2, 0.25) is 12.7 Å². The quantitative estimate of drug-likeness (QED) is 0.625. The van der Waals surface area contributed by atoms with Crippen LogP contribution in [0.2, 0.25) is 0 Å². The van der Waals surface area contributed by atoms with Crippen molar-refractivity contribution >= 4 is 23.2 Å². The van der Waals surface area contributed by atoms with Crippen molar-refractivity contribution in [2.24, 2.45) is 0 Å². The summed E-state index contributed by atoms with van der Waals surface area (Å²) < 4.78 is 16.4. The minimum absolute atomic E-state index is 0.163. The molecule has 0 unspecified atom stereocenters. The van der Waals surface area contributed by atoms with Gasteiger partial charge < -0.3 is 24.8 Å². The van der Waals surface area contributed by atoms with Crippen LogP contribution in [0.15, 0.2) is 66.7 Å². The standard InChI is InChI=1S/C25H23N3O5/c29-24(15-28-11-12-31-21-8-4-1-5-17(21)14-28)27-20-7-3-2-6-19(20)25(30)26-18-9-10-22-23(13-18)33-16-32-22/h1-10,13H,11-12,14-16H2,(H,26,30)(H,27,29). The van der Waals surface area contributed by atoms with Crippen LogP contribution in [0.3, 0.4) is 0 Å². The number of carbonyl (C=O) groups excluding carboxylic acids is 2. The van der Waals surface area contributed by atoms with E-state index in [0.29, 0.717) is 48.1 Å². The maximum atomic E-state index is 12.9. The number of carbonyl (C=O) groups is 2. The molecule has 0 radical (unpaired) electrons. The molecule has 2 N–H and O–H groups in total. The van der Waals surface area contributed by atoms with Crippen LogP contribution in [0, 0.1) is 0 Å². The summed E-state index contributed by atoms with van der Waals surface area (Å²) in [4.78, 5) is 27.8. The highest BCUT2D eigenvalue weighted by Gasteiger charge is 2.20. The highest BCUT2D eigenvalue weighted by molar-refractivity contribution is 6.10. The fraction of sp³-hybridized carbons (Fsp3) is 0.200. The lowest BCUT2D eigenvalue weighted by Crippen LogP contribution is -2.34. The average Bonchev–Trinajstić information content (AvgIpc) is 3.18. The molecule has 0 aromatic heterocycles. The van der Waals surface area contributed by atoms with Gasteiger partial charge in [0.1, 0.15) is 12.4 Å². The van der Waals surface area contributed by atoms with E-state index in [1.54, 1.807) is 42.5 Å². The smallest absolute Gasteiger partial charge is 0.257 e. The van der Waals surface area contributed by atoms with Gasteiger partial charge in [-0.1, -0.05) is 30.3 Å². The zero-order chi connectivity index (χ0) is 22.6. The second kappa shape index (κ2) is 9.22. The van der Waals surface area contributed by atoms with E-state index in [2.05, 4.69) is 10.6 Å². The molecule has 0 spiro atoms. The van der Waals surface area contributed by atoms with Crippen LogP contribution in [0.1, 0.15) is 15.9 Å². The number of nitrogens with zero attached hydrogens (tertiary/aromatic N) is 1. The Labute approximate surface area is 191 Å². The first-order chi connectivity index (χ1) is 16.2. The Kier molecular flexibility index (Phi) is 5.82. The highest BCUT2D eigenvalue weighted by atomic mass is 16.7. The molecule has 8 nitrogen and oxygen atoms in total. The number of hydrogen-bond acceptors (Lipinski definition) is 6. The number of amides is 2. The minimum Gasteiger partial charge on any atom is -0.492 e. The summed E-state index contributed by atoms with van der Waals surface area (Å²) in [5.74, 6) is 1.55. The number of fused-ring (bicyclic) bond motifs is 2. The van der Waals surface area contributed by atoms with Gasteiger partial charge in [-0.15, -0.1) is 0 Å². The van der Waals surface area contributed by atoms with E-state index in [1.165, 1.54) is 0 Å². The van der Waals surface area contributed by atoms with Gasteiger partial charge >= 0.3 is 0 Å². The van der Waals surface area contributed by atoms with E-state index in [-0.39, 0.29) is 25.2 Å². The number of benzene rings is 3. The Morgan fingerprint density at radius 1 is 0.848 bits per heavy atom. The van der Waals surface area contributed by atoms with Gasteiger partial charge in [-0.25, -0.2) is 0 Å². The van der Waals surface area contributed by atoms with Crippen LogP contribution < -0.4 is 24.8 Å². The van der Waals surface area contributed by atoms with Gasteiger partial charge in [0.25, 0.3) is 5.91 Å². The van der Waals surface area contributed by atoms with Crippen molar-refractivity contribution in [3.63, 3.8) is 0 Å².